The number of hydrogen-bond donors (Lipinski definition) is 1. The van der Waals surface area contributed by atoms with Crippen LogP contribution in [0.1, 0.15) is 21.5 Å². The number of nitrogens with one attached hydrogen (secondary N) is 1. The number of benzene rings is 3. The first-order chi connectivity index (χ1) is 15.9. The van der Waals surface area contributed by atoms with Crippen molar-refractivity contribution in [1.29, 1.82) is 0 Å². The third-order valence-corrected chi connectivity index (χ3v) is 5.42. The summed E-state index contributed by atoms with van der Waals surface area (Å²) in [7, 11) is 1.49. The third kappa shape index (κ3) is 4.31. The molecule has 33 heavy (non-hydrogen) atoms. The van der Waals surface area contributed by atoms with Crippen molar-refractivity contribution in [2.45, 2.75) is 13.5 Å². The lowest BCUT2D eigenvalue weighted by Crippen LogP contribution is -2.33. The average Bonchev–Trinajstić information content (AvgIpc) is 2.83. The molecule has 0 aliphatic carbocycles. The molecule has 0 bridgehead atoms. The Morgan fingerprint density at radius 2 is 1.82 bits per heavy atom. The van der Waals surface area contributed by atoms with Gasteiger partial charge >= 0.3 is 0 Å². The van der Waals surface area contributed by atoms with Crippen LogP contribution in [0.5, 0.6) is 5.75 Å². The molecule has 0 radical (unpaired) electrons. The van der Waals surface area contributed by atoms with Gasteiger partial charge in [0.05, 0.1) is 29.8 Å². The second-order valence-electron chi connectivity index (χ2n) is 7.53. The highest BCUT2D eigenvalue weighted by atomic mass is 16.6. The van der Waals surface area contributed by atoms with Gasteiger partial charge in [-0.25, -0.2) is 0 Å². The van der Waals surface area contributed by atoms with Gasteiger partial charge in [0.25, 0.3) is 17.2 Å². The fourth-order valence-electron chi connectivity index (χ4n) is 3.74. The number of nitro benzene ring substituents is 1. The van der Waals surface area contributed by atoms with E-state index in [-0.39, 0.29) is 23.4 Å². The number of ether oxygens (including phenoxy) is 1. The van der Waals surface area contributed by atoms with E-state index in [9.17, 15) is 19.7 Å². The standard InChI is InChI=1S/C25H21N3O5/c1-16-7-5-8-17-13-19(24(29)26-23(16)17)15-27(21-11-3-4-12-22(21)33-2)25(30)18-9-6-10-20(14-18)28(31)32/h3-14H,15H2,1-2H3,(H,26,29). The minimum absolute atomic E-state index is 0.0545. The number of nitro groups is 1. The molecule has 1 heterocycles. The van der Waals surface area contributed by atoms with Crippen LogP contribution in [0.3, 0.4) is 0 Å². The van der Waals surface area contributed by atoms with E-state index in [0.29, 0.717) is 17.0 Å². The van der Waals surface area contributed by atoms with Gasteiger partial charge in [-0.3, -0.25) is 19.7 Å². The van der Waals surface area contributed by atoms with Crippen molar-refractivity contribution < 1.29 is 14.5 Å². The maximum Gasteiger partial charge on any atom is 0.270 e. The summed E-state index contributed by atoms with van der Waals surface area (Å²) >= 11 is 0. The highest BCUT2D eigenvalue weighted by Gasteiger charge is 2.24. The van der Waals surface area contributed by atoms with Crippen molar-refractivity contribution in [3.8, 4) is 5.75 Å². The van der Waals surface area contributed by atoms with Gasteiger partial charge in [-0.1, -0.05) is 36.4 Å². The molecule has 1 N–H and O–H groups in total. The summed E-state index contributed by atoms with van der Waals surface area (Å²) in [5, 5.41) is 12.1. The van der Waals surface area contributed by atoms with E-state index in [1.165, 1.54) is 36.3 Å². The summed E-state index contributed by atoms with van der Waals surface area (Å²) in [4.78, 5) is 41.4. The summed E-state index contributed by atoms with van der Waals surface area (Å²) in [6.07, 6.45) is 0. The number of hydrogen-bond acceptors (Lipinski definition) is 5. The molecule has 0 saturated heterocycles. The molecule has 4 rings (SSSR count). The number of aromatic amines is 1. The summed E-state index contributed by atoms with van der Waals surface area (Å²) in [5.74, 6) is -0.0590. The second-order valence-corrected chi connectivity index (χ2v) is 7.53. The zero-order valence-electron chi connectivity index (χ0n) is 18.1. The van der Waals surface area contributed by atoms with Crippen LogP contribution in [0.2, 0.25) is 0 Å². The van der Waals surface area contributed by atoms with E-state index in [1.54, 1.807) is 30.3 Å². The Balaban J connectivity index is 1.84. The lowest BCUT2D eigenvalue weighted by Gasteiger charge is -2.25. The number of anilines is 1. The first-order valence-electron chi connectivity index (χ1n) is 10.2. The molecular formula is C25H21N3O5. The first kappa shape index (κ1) is 21.8. The summed E-state index contributed by atoms with van der Waals surface area (Å²) < 4.78 is 5.44. The highest BCUT2D eigenvalue weighted by molar-refractivity contribution is 6.07. The minimum atomic E-state index is -0.555. The zero-order chi connectivity index (χ0) is 23.5. The van der Waals surface area contributed by atoms with Gasteiger partial charge in [-0.05, 0) is 42.1 Å². The summed E-state index contributed by atoms with van der Waals surface area (Å²) in [6.45, 7) is 1.85. The molecule has 0 spiro atoms. The first-order valence-corrected chi connectivity index (χ1v) is 10.2. The normalized spacial score (nSPS) is 10.7. The van der Waals surface area contributed by atoms with Crippen molar-refractivity contribution in [3.63, 3.8) is 0 Å². The van der Waals surface area contributed by atoms with Gasteiger partial charge in [0.1, 0.15) is 5.75 Å². The van der Waals surface area contributed by atoms with Gasteiger partial charge in [-0.2, -0.15) is 0 Å². The van der Waals surface area contributed by atoms with Gasteiger partial charge in [-0.15, -0.1) is 0 Å². The Morgan fingerprint density at radius 1 is 1.06 bits per heavy atom. The molecule has 166 valence electrons. The Hall–Kier alpha value is -4.46. The van der Waals surface area contributed by atoms with E-state index in [0.717, 1.165) is 16.5 Å². The lowest BCUT2D eigenvalue weighted by atomic mass is 10.1. The van der Waals surface area contributed by atoms with Crippen molar-refractivity contribution in [2.75, 3.05) is 12.0 Å². The average molecular weight is 443 g/mol. The van der Waals surface area contributed by atoms with E-state index in [4.69, 9.17) is 4.74 Å². The molecule has 3 aromatic carbocycles. The number of aromatic nitrogens is 1. The number of H-pyrrole nitrogens is 1. The van der Waals surface area contributed by atoms with Crippen LogP contribution in [0, 0.1) is 17.0 Å². The maximum absolute atomic E-state index is 13.6. The Labute approximate surface area is 189 Å². The number of non-ortho nitro benzene ring substituents is 1. The quantitative estimate of drug-likeness (QED) is 0.346. The number of rotatable bonds is 6. The topological polar surface area (TPSA) is 106 Å². The lowest BCUT2D eigenvalue weighted by molar-refractivity contribution is -0.384. The number of para-hydroxylation sites is 3. The zero-order valence-corrected chi connectivity index (χ0v) is 18.1. The van der Waals surface area contributed by atoms with Crippen molar-refractivity contribution in [2.24, 2.45) is 0 Å². The smallest absolute Gasteiger partial charge is 0.270 e. The summed E-state index contributed by atoms with van der Waals surface area (Å²) in [5.41, 5.74) is 2.11. The number of fused-ring (bicyclic) bond motifs is 1. The number of nitrogens with zero attached hydrogens (tertiary/aromatic N) is 2. The molecule has 0 saturated carbocycles. The molecular weight excluding hydrogens is 422 g/mol. The molecule has 0 fully saturated rings. The van der Waals surface area contributed by atoms with Crippen LogP contribution in [-0.2, 0) is 6.54 Å². The minimum Gasteiger partial charge on any atom is -0.495 e. The van der Waals surface area contributed by atoms with Gasteiger partial charge in [0.15, 0.2) is 0 Å². The molecule has 1 aromatic heterocycles. The number of pyridine rings is 1. The molecule has 8 nitrogen and oxygen atoms in total. The van der Waals surface area contributed by atoms with Crippen molar-refractivity contribution in [3.05, 3.63) is 110 Å². The van der Waals surface area contributed by atoms with E-state index < -0.39 is 10.8 Å². The maximum atomic E-state index is 13.6. The highest BCUT2D eigenvalue weighted by Crippen LogP contribution is 2.31. The number of carbonyl (C=O) groups excluding carboxylic acids is 1. The Bertz CT molecular complexity index is 1430. The van der Waals surface area contributed by atoms with Gasteiger partial charge in [0.2, 0.25) is 0 Å². The fraction of sp³-hybridized carbons (Fsp3) is 0.120. The van der Waals surface area contributed by atoms with Crippen LogP contribution in [0.25, 0.3) is 10.9 Å². The van der Waals surface area contributed by atoms with Crippen molar-refractivity contribution in [1.82, 2.24) is 4.98 Å². The largest absolute Gasteiger partial charge is 0.495 e. The van der Waals surface area contributed by atoms with Crippen LogP contribution < -0.4 is 15.2 Å². The molecule has 0 aliphatic rings. The van der Waals surface area contributed by atoms with Crippen LogP contribution in [0.4, 0.5) is 11.4 Å². The van der Waals surface area contributed by atoms with Crippen LogP contribution in [-0.4, -0.2) is 22.9 Å². The van der Waals surface area contributed by atoms with Crippen LogP contribution >= 0.6 is 0 Å². The van der Waals surface area contributed by atoms with E-state index in [2.05, 4.69) is 4.98 Å². The summed E-state index contributed by atoms with van der Waals surface area (Å²) in [6, 6.07) is 19.9. The van der Waals surface area contributed by atoms with E-state index in [1.807, 2.05) is 25.1 Å². The monoisotopic (exact) mass is 443 g/mol. The van der Waals surface area contributed by atoms with E-state index >= 15 is 0 Å². The predicted octanol–water partition coefficient (Wildman–Crippen LogP) is 4.60. The Morgan fingerprint density at radius 3 is 2.58 bits per heavy atom. The molecule has 4 aromatic rings. The Kier molecular flexibility index (Phi) is 5.91. The number of carbonyl (C=O) groups is 1. The van der Waals surface area contributed by atoms with Gasteiger partial charge in [0, 0.05) is 23.3 Å². The number of aryl methyl sites for hydroxylation is 1. The molecule has 1 amide bonds. The molecule has 0 atom stereocenters. The number of methoxy groups -OCH3 is 1. The molecule has 0 unspecified atom stereocenters. The SMILES string of the molecule is COc1ccccc1N(Cc1cc2cccc(C)c2[nH]c1=O)C(=O)c1cccc([N+](=O)[O-])c1. The van der Waals surface area contributed by atoms with Gasteiger partial charge < -0.3 is 14.6 Å². The second kappa shape index (κ2) is 8.96. The third-order valence-electron chi connectivity index (χ3n) is 5.42. The fourth-order valence-corrected chi connectivity index (χ4v) is 3.74. The predicted molar refractivity (Wildman–Crippen MR) is 126 cm³/mol. The van der Waals surface area contributed by atoms with Crippen LogP contribution in [0.15, 0.2) is 77.6 Å². The number of amides is 1. The molecule has 0 aliphatic heterocycles. The van der Waals surface area contributed by atoms with Crippen molar-refractivity contribution >= 4 is 28.2 Å². The molecule has 8 heteroatoms.